The van der Waals surface area contributed by atoms with E-state index in [1.165, 1.54) is 12.1 Å². The molecule has 1 aliphatic rings. The lowest BCUT2D eigenvalue weighted by molar-refractivity contribution is -0.129. The van der Waals surface area contributed by atoms with Crippen molar-refractivity contribution in [3.05, 3.63) is 27.7 Å². The van der Waals surface area contributed by atoms with Crippen LogP contribution in [-0.4, -0.2) is 36.3 Å². The second kappa shape index (κ2) is 6.33. The molecule has 7 heteroatoms. The van der Waals surface area contributed by atoms with Crippen LogP contribution in [0.5, 0.6) is 0 Å². The Morgan fingerprint density at radius 2 is 1.90 bits per heavy atom. The highest BCUT2D eigenvalue weighted by molar-refractivity contribution is 6.44. The average Bonchev–Trinajstić information content (AvgIpc) is 2.93. The number of benzene rings is 1. The van der Waals surface area contributed by atoms with Crippen molar-refractivity contribution < 1.29 is 9.59 Å². The highest BCUT2D eigenvalue weighted by atomic mass is 35.5. The molecule has 0 spiro atoms. The summed E-state index contributed by atoms with van der Waals surface area (Å²) < 4.78 is 0. The third-order valence-corrected chi connectivity index (χ3v) is 3.96. The fraction of sp³-hybridized carbons (Fsp3) is 0.385. The Morgan fingerprint density at radius 3 is 2.55 bits per heavy atom. The Morgan fingerprint density at radius 1 is 1.25 bits per heavy atom. The van der Waals surface area contributed by atoms with Crippen LogP contribution in [0.3, 0.4) is 0 Å². The largest absolute Gasteiger partial charge is 0.399 e. The van der Waals surface area contributed by atoms with Crippen molar-refractivity contribution in [1.29, 1.82) is 0 Å². The van der Waals surface area contributed by atoms with Crippen LogP contribution in [0.4, 0.5) is 5.69 Å². The summed E-state index contributed by atoms with van der Waals surface area (Å²) in [6.45, 7) is 1.45. The van der Waals surface area contributed by atoms with Crippen molar-refractivity contribution in [2.45, 2.75) is 12.8 Å². The number of likely N-dealkylation sites (tertiary alicyclic amines) is 1. The van der Waals surface area contributed by atoms with Gasteiger partial charge in [0.1, 0.15) is 0 Å². The fourth-order valence-corrected chi connectivity index (χ4v) is 2.53. The van der Waals surface area contributed by atoms with E-state index in [4.69, 9.17) is 28.9 Å². The lowest BCUT2D eigenvalue weighted by Gasteiger charge is -2.15. The van der Waals surface area contributed by atoms with E-state index in [1.54, 1.807) is 4.90 Å². The van der Waals surface area contributed by atoms with E-state index >= 15 is 0 Å². The van der Waals surface area contributed by atoms with E-state index in [1.807, 2.05) is 0 Å². The van der Waals surface area contributed by atoms with Gasteiger partial charge in [-0.1, -0.05) is 23.2 Å². The number of rotatable bonds is 3. The normalized spacial score (nSPS) is 14.4. The number of hydrogen-bond donors (Lipinski definition) is 2. The molecule has 1 aliphatic heterocycles. The van der Waals surface area contributed by atoms with Gasteiger partial charge in [-0.05, 0) is 25.0 Å². The first-order valence-corrected chi connectivity index (χ1v) is 7.05. The molecule has 1 aromatic rings. The second-order valence-corrected chi connectivity index (χ2v) is 5.42. The van der Waals surface area contributed by atoms with Crippen molar-refractivity contribution in [3.63, 3.8) is 0 Å². The number of carbonyl (C=O) groups excluding carboxylic acids is 2. The molecule has 108 valence electrons. The molecular weight excluding hydrogens is 301 g/mol. The molecule has 0 aromatic heterocycles. The topological polar surface area (TPSA) is 75.4 Å². The maximum absolute atomic E-state index is 12.0. The number of anilines is 1. The summed E-state index contributed by atoms with van der Waals surface area (Å²) in [5.41, 5.74) is 6.14. The summed E-state index contributed by atoms with van der Waals surface area (Å²) in [5.74, 6) is -0.557. The van der Waals surface area contributed by atoms with Crippen molar-refractivity contribution in [3.8, 4) is 0 Å². The van der Waals surface area contributed by atoms with E-state index in [0.29, 0.717) is 5.69 Å². The Bertz CT molecular complexity index is 543. The molecular formula is C13H15Cl2N3O2. The van der Waals surface area contributed by atoms with Crippen molar-refractivity contribution >= 4 is 40.7 Å². The summed E-state index contributed by atoms with van der Waals surface area (Å²) in [6, 6.07) is 2.90. The number of nitrogen functional groups attached to an aromatic ring is 1. The molecule has 1 aromatic carbocycles. The minimum absolute atomic E-state index is 0.0540. The first-order valence-electron chi connectivity index (χ1n) is 6.29. The van der Waals surface area contributed by atoms with Crippen LogP contribution in [0.1, 0.15) is 23.2 Å². The van der Waals surface area contributed by atoms with Gasteiger partial charge in [-0.3, -0.25) is 9.59 Å². The minimum atomic E-state index is -0.461. The van der Waals surface area contributed by atoms with Crippen molar-refractivity contribution in [2.24, 2.45) is 0 Å². The van der Waals surface area contributed by atoms with Gasteiger partial charge in [0.15, 0.2) is 0 Å². The van der Waals surface area contributed by atoms with Gasteiger partial charge in [0, 0.05) is 18.8 Å². The van der Waals surface area contributed by atoms with E-state index in [9.17, 15) is 9.59 Å². The van der Waals surface area contributed by atoms with Crippen LogP contribution < -0.4 is 11.1 Å². The summed E-state index contributed by atoms with van der Waals surface area (Å²) in [5, 5.41) is 2.88. The molecule has 0 bridgehead atoms. The van der Waals surface area contributed by atoms with Crippen molar-refractivity contribution in [2.75, 3.05) is 25.4 Å². The monoisotopic (exact) mass is 315 g/mol. The number of nitrogens with two attached hydrogens (primary N) is 1. The van der Waals surface area contributed by atoms with Crippen LogP contribution in [0.2, 0.25) is 10.0 Å². The zero-order chi connectivity index (χ0) is 14.7. The molecule has 1 heterocycles. The SMILES string of the molecule is Nc1cc(Cl)c(Cl)c(C(=O)NCC(=O)N2CCCC2)c1. The Labute approximate surface area is 127 Å². The van der Waals surface area contributed by atoms with Crippen LogP contribution in [0, 0.1) is 0 Å². The Hall–Kier alpha value is -1.46. The number of carbonyl (C=O) groups is 2. The highest BCUT2D eigenvalue weighted by Crippen LogP contribution is 2.28. The summed E-state index contributed by atoms with van der Waals surface area (Å²) >= 11 is 11.8. The predicted molar refractivity (Wildman–Crippen MR) is 79.0 cm³/mol. The minimum Gasteiger partial charge on any atom is -0.399 e. The maximum atomic E-state index is 12.0. The van der Waals surface area contributed by atoms with E-state index < -0.39 is 5.91 Å². The van der Waals surface area contributed by atoms with E-state index in [-0.39, 0.29) is 28.1 Å². The molecule has 2 amide bonds. The number of nitrogens with zero attached hydrogens (tertiary/aromatic N) is 1. The van der Waals surface area contributed by atoms with Crippen LogP contribution in [0.15, 0.2) is 12.1 Å². The van der Waals surface area contributed by atoms with Crippen molar-refractivity contribution in [1.82, 2.24) is 10.2 Å². The van der Waals surface area contributed by atoms with Gasteiger partial charge in [0.2, 0.25) is 5.91 Å². The first-order chi connectivity index (χ1) is 9.49. The third kappa shape index (κ3) is 3.35. The zero-order valence-electron chi connectivity index (χ0n) is 10.8. The Kier molecular flexibility index (Phi) is 4.73. The molecule has 0 aliphatic carbocycles. The second-order valence-electron chi connectivity index (χ2n) is 4.63. The lowest BCUT2D eigenvalue weighted by Crippen LogP contribution is -2.38. The number of halogens is 2. The molecule has 0 radical (unpaired) electrons. The standard InChI is InChI=1S/C13H15Cl2N3O2/c14-10-6-8(16)5-9(12(10)15)13(20)17-7-11(19)18-3-1-2-4-18/h5-6H,1-4,7,16H2,(H,17,20). The quantitative estimate of drug-likeness (QED) is 0.837. The van der Waals surface area contributed by atoms with E-state index in [2.05, 4.69) is 5.32 Å². The first kappa shape index (κ1) is 14.9. The molecule has 20 heavy (non-hydrogen) atoms. The molecule has 1 saturated heterocycles. The molecule has 0 atom stereocenters. The summed E-state index contributed by atoms with van der Waals surface area (Å²) in [4.78, 5) is 25.6. The summed E-state index contributed by atoms with van der Waals surface area (Å²) in [6.07, 6.45) is 2.02. The van der Waals surface area contributed by atoms with Gasteiger partial charge in [-0.25, -0.2) is 0 Å². The average molecular weight is 316 g/mol. The van der Waals surface area contributed by atoms with Gasteiger partial charge in [0.05, 0.1) is 22.2 Å². The summed E-state index contributed by atoms with van der Waals surface area (Å²) in [7, 11) is 0. The van der Waals surface area contributed by atoms with Crippen LogP contribution in [-0.2, 0) is 4.79 Å². The molecule has 3 N–H and O–H groups in total. The smallest absolute Gasteiger partial charge is 0.253 e. The molecule has 2 rings (SSSR count). The highest BCUT2D eigenvalue weighted by Gasteiger charge is 2.19. The van der Waals surface area contributed by atoms with Crippen LogP contribution in [0.25, 0.3) is 0 Å². The van der Waals surface area contributed by atoms with E-state index in [0.717, 1.165) is 25.9 Å². The molecule has 0 unspecified atom stereocenters. The van der Waals surface area contributed by atoms with Gasteiger partial charge >= 0.3 is 0 Å². The molecule has 0 saturated carbocycles. The number of hydrogen-bond acceptors (Lipinski definition) is 3. The lowest BCUT2D eigenvalue weighted by atomic mass is 10.2. The van der Waals surface area contributed by atoms with Crippen LogP contribution >= 0.6 is 23.2 Å². The number of nitrogens with one attached hydrogen (secondary N) is 1. The zero-order valence-corrected chi connectivity index (χ0v) is 12.3. The maximum Gasteiger partial charge on any atom is 0.253 e. The Balaban J connectivity index is 2.00. The predicted octanol–water partition coefficient (Wildman–Crippen LogP) is 1.93. The number of amides is 2. The van der Waals surface area contributed by atoms with Gasteiger partial charge in [-0.2, -0.15) is 0 Å². The molecule has 5 nitrogen and oxygen atoms in total. The fourth-order valence-electron chi connectivity index (χ4n) is 2.10. The van der Waals surface area contributed by atoms with Gasteiger partial charge in [0.25, 0.3) is 5.91 Å². The van der Waals surface area contributed by atoms with Gasteiger partial charge in [-0.15, -0.1) is 0 Å². The van der Waals surface area contributed by atoms with Gasteiger partial charge < -0.3 is 16.0 Å². The molecule has 1 fully saturated rings. The third-order valence-electron chi connectivity index (χ3n) is 3.15.